The topological polar surface area (TPSA) is 97.8 Å². The Morgan fingerprint density at radius 2 is 2.17 bits per heavy atom. The molecule has 1 amide bonds. The molecule has 2 aromatic rings. The number of hydrogen-bond donors (Lipinski definition) is 2. The van der Waals surface area contributed by atoms with Gasteiger partial charge in [-0.25, -0.2) is 4.98 Å². The van der Waals surface area contributed by atoms with Crippen LogP contribution < -0.4 is 14.8 Å². The molecule has 1 aromatic heterocycles. The molecule has 1 aliphatic rings. The lowest BCUT2D eigenvalue weighted by Crippen LogP contribution is -2.33. The van der Waals surface area contributed by atoms with Crippen LogP contribution in [0.1, 0.15) is 30.3 Å². The molecule has 2 heterocycles. The van der Waals surface area contributed by atoms with E-state index in [2.05, 4.69) is 10.3 Å². The number of amides is 1. The van der Waals surface area contributed by atoms with Crippen LogP contribution in [0.3, 0.4) is 0 Å². The summed E-state index contributed by atoms with van der Waals surface area (Å²) in [6.07, 6.45) is 0.390. The van der Waals surface area contributed by atoms with Gasteiger partial charge in [-0.1, -0.05) is 0 Å². The third kappa shape index (κ3) is 3.65. The van der Waals surface area contributed by atoms with Crippen LogP contribution in [-0.4, -0.2) is 34.8 Å². The first kappa shape index (κ1) is 16.3. The molecule has 1 unspecified atom stereocenters. The second-order valence-corrected chi connectivity index (χ2v) is 6.27. The number of carbonyl (C=O) groups is 2. The first-order valence-electron chi connectivity index (χ1n) is 7.41. The smallest absolute Gasteiger partial charge is 0.303 e. The lowest BCUT2D eigenvalue weighted by atomic mass is 10.2. The Hall–Kier alpha value is -2.61. The van der Waals surface area contributed by atoms with E-state index >= 15 is 0 Å². The fourth-order valence-electron chi connectivity index (χ4n) is 2.25. The molecule has 0 radical (unpaired) electrons. The Morgan fingerprint density at radius 3 is 2.96 bits per heavy atom. The van der Waals surface area contributed by atoms with Gasteiger partial charge >= 0.3 is 5.97 Å². The van der Waals surface area contributed by atoms with E-state index in [1.54, 1.807) is 12.3 Å². The standard InChI is InChI=1S/C16H16N2O5S/c1-9(2-5-14(19)20)17-15(21)11-7-24-16(18-11)10-3-4-12-13(6-10)23-8-22-12/h3-4,6-7,9H,2,5,8H2,1H3,(H,17,21)(H,19,20). The Labute approximate surface area is 142 Å². The number of ether oxygens (including phenoxy) is 2. The van der Waals surface area contributed by atoms with Crippen LogP contribution in [0.15, 0.2) is 23.6 Å². The minimum atomic E-state index is -0.880. The average molecular weight is 348 g/mol. The molecule has 3 rings (SSSR count). The fraction of sp³-hybridized carbons (Fsp3) is 0.312. The summed E-state index contributed by atoms with van der Waals surface area (Å²) < 4.78 is 10.6. The third-order valence-electron chi connectivity index (χ3n) is 3.53. The summed E-state index contributed by atoms with van der Waals surface area (Å²) in [6, 6.07) is 5.28. The first-order valence-corrected chi connectivity index (χ1v) is 8.29. The van der Waals surface area contributed by atoms with Crippen molar-refractivity contribution in [2.24, 2.45) is 0 Å². The van der Waals surface area contributed by atoms with Crippen molar-refractivity contribution in [3.05, 3.63) is 29.3 Å². The Kier molecular flexibility index (Phi) is 4.66. The Balaban J connectivity index is 1.66. The van der Waals surface area contributed by atoms with Crippen molar-refractivity contribution in [1.82, 2.24) is 10.3 Å². The lowest BCUT2D eigenvalue weighted by Gasteiger charge is -2.11. The van der Waals surface area contributed by atoms with Crippen molar-refractivity contribution >= 4 is 23.2 Å². The van der Waals surface area contributed by atoms with Gasteiger partial charge in [0, 0.05) is 23.4 Å². The van der Waals surface area contributed by atoms with Gasteiger partial charge in [-0.2, -0.15) is 0 Å². The number of hydrogen-bond acceptors (Lipinski definition) is 6. The second-order valence-electron chi connectivity index (χ2n) is 5.41. The molecule has 1 atom stereocenters. The molecule has 0 fully saturated rings. The molecule has 0 saturated heterocycles. The molecule has 0 saturated carbocycles. The maximum atomic E-state index is 12.2. The molecule has 126 valence electrons. The highest BCUT2D eigenvalue weighted by Crippen LogP contribution is 2.36. The SMILES string of the molecule is CC(CCC(=O)O)NC(=O)c1csc(-c2ccc3c(c2)OCO3)n1. The van der Waals surface area contributed by atoms with Gasteiger partial charge in [0.25, 0.3) is 5.91 Å². The zero-order chi connectivity index (χ0) is 17.1. The summed E-state index contributed by atoms with van der Waals surface area (Å²) in [4.78, 5) is 27.1. The van der Waals surface area contributed by atoms with Crippen LogP contribution >= 0.6 is 11.3 Å². The largest absolute Gasteiger partial charge is 0.481 e. The molecule has 24 heavy (non-hydrogen) atoms. The Morgan fingerprint density at radius 1 is 1.38 bits per heavy atom. The fourth-order valence-corrected chi connectivity index (χ4v) is 3.05. The van der Waals surface area contributed by atoms with E-state index in [1.165, 1.54) is 11.3 Å². The van der Waals surface area contributed by atoms with E-state index in [-0.39, 0.29) is 25.2 Å². The molecule has 7 nitrogen and oxygen atoms in total. The van der Waals surface area contributed by atoms with Gasteiger partial charge in [0.2, 0.25) is 6.79 Å². The highest BCUT2D eigenvalue weighted by Gasteiger charge is 2.18. The summed E-state index contributed by atoms with van der Waals surface area (Å²) >= 11 is 1.36. The van der Waals surface area contributed by atoms with Crippen LogP contribution in [0.5, 0.6) is 11.5 Å². The van der Waals surface area contributed by atoms with Crippen LogP contribution in [-0.2, 0) is 4.79 Å². The molecule has 2 N–H and O–H groups in total. The van der Waals surface area contributed by atoms with Crippen LogP contribution in [0.25, 0.3) is 10.6 Å². The minimum absolute atomic E-state index is 0.0148. The van der Waals surface area contributed by atoms with E-state index in [4.69, 9.17) is 14.6 Å². The number of benzene rings is 1. The highest BCUT2D eigenvalue weighted by molar-refractivity contribution is 7.13. The van der Waals surface area contributed by atoms with Gasteiger partial charge in [0.1, 0.15) is 10.7 Å². The van der Waals surface area contributed by atoms with Crippen LogP contribution in [0.2, 0.25) is 0 Å². The van der Waals surface area contributed by atoms with Gasteiger partial charge in [0.05, 0.1) is 0 Å². The molecule has 8 heteroatoms. The summed E-state index contributed by atoms with van der Waals surface area (Å²) in [5, 5.41) is 13.8. The third-order valence-corrected chi connectivity index (χ3v) is 4.42. The van der Waals surface area contributed by atoms with Crippen molar-refractivity contribution in [3.63, 3.8) is 0 Å². The molecule has 0 aliphatic carbocycles. The number of nitrogens with one attached hydrogen (secondary N) is 1. The van der Waals surface area contributed by atoms with Crippen molar-refractivity contribution in [3.8, 4) is 22.1 Å². The summed E-state index contributed by atoms with van der Waals surface area (Å²) in [5.41, 5.74) is 1.16. The molecular formula is C16H16N2O5S. The minimum Gasteiger partial charge on any atom is -0.481 e. The molecule has 1 aromatic carbocycles. The molecular weight excluding hydrogens is 332 g/mol. The maximum Gasteiger partial charge on any atom is 0.303 e. The van der Waals surface area contributed by atoms with E-state index in [1.807, 2.05) is 18.2 Å². The second kappa shape index (κ2) is 6.88. The van der Waals surface area contributed by atoms with E-state index < -0.39 is 5.97 Å². The first-order chi connectivity index (χ1) is 11.5. The van der Waals surface area contributed by atoms with Crippen molar-refractivity contribution in [2.45, 2.75) is 25.8 Å². The highest BCUT2D eigenvalue weighted by atomic mass is 32.1. The molecule has 0 bridgehead atoms. The summed E-state index contributed by atoms with van der Waals surface area (Å²) in [7, 11) is 0. The van der Waals surface area contributed by atoms with Gasteiger partial charge < -0.3 is 19.9 Å². The predicted molar refractivity (Wildman–Crippen MR) is 87.5 cm³/mol. The lowest BCUT2D eigenvalue weighted by molar-refractivity contribution is -0.137. The number of thiazole rings is 1. The summed E-state index contributed by atoms with van der Waals surface area (Å²) in [5.74, 6) is 0.169. The van der Waals surface area contributed by atoms with E-state index in [9.17, 15) is 9.59 Å². The quantitative estimate of drug-likeness (QED) is 0.832. The van der Waals surface area contributed by atoms with Crippen LogP contribution in [0, 0.1) is 0 Å². The van der Waals surface area contributed by atoms with Gasteiger partial charge in [-0.05, 0) is 31.5 Å². The number of fused-ring (bicyclic) bond motifs is 1. The van der Waals surface area contributed by atoms with Gasteiger partial charge in [0.15, 0.2) is 11.5 Å². The normalized spacial score (nSPS) is 13.5. The predicted octanol–water partition coefficient (Wildman–Crippen LogP) is 2.52. The Bertz CT molecular complexity index is 774. The number of carboxylic acid groups (broad SMARTS) is 1. The van der Waals surface area contributed by atoms with Crippen molar-refractivity contribution in [2.75, 3.05) is 6.79 Å². The number of carboxylic acids is 1. The van der Waals surface area contributed by atoms with Crippen LogP contribution in [0.4, 0.5) is 0 Å². The maximum absolute atomic E-state index is 12.2. The number of nitrogens with zero attached hydrogens (tertiary/aromatic N) is 1. The number of aliphatic carboxylic acids is 1. The molecule has 1 aliphatic heterocycles. The van der Waals surface area contributed by atoms with Gasteiger partial charge in [-0.15, -0.1) is 11.3 Å². The average Bonchev–Trinajstić information content (AvgIpc) is 3.21. The van der Waals surface area contributed by atoms with E-state index in [0.717, 1.165) is 5.56 Å². The zero-order valence-electron chi connectivity index (χ0n) is 12.9. The van der Waals surface area contributed by atoms with Crippen molar-refractivity contribution < 1.29 is 24.2 Å². The number of rotatable bonds is 6. The molecule has 0 spiro atoms. The zero-order valence-corrected chi connectivity index (χ0v) is 13.8. The number of aromatic nitrogens is 1. The van der Waals surface area contributed by atoms with Crippen molar-refractivity contribution in [1.29, 1.82) is 0 Å². The number of carbonyl (C=O) groups excluding carboxylic acids is 1. The van der Waals surface area contributed by atoms with E-state index in [0.29, 0.717) is 28.6 Å². The van der Waals surface area contributed by atoms with Gasteiger partial charge in [-0.3, -0.25) is 9.59 Å². The monoisotopic (exact) mass is 348 g/mol. The summed E-state index contributed by atoms with van der Waals surface area (Å²) in [6.45, 7) is 1.98.